The third kappa shape index (κ3) is 9.39. The van der Waals surface area contributed by atoms with Crippen LogP contribution in [0.1, 0.15) is 58.6 Å². The first-order valence-electron chi connectivity index (χ1n) is 17.2. The van der Waals surface area contributed by atoms with Gasteiger partial charge in [0.2, 0.25) is 5.91 Å². The van der Waals surface area contributed by atoms with E-state index in [1.165, 1.54) is 4.57 Å². The standard InChI is InChI=1S/C25H27F3N2O.C12H16F6N2O3/c1-15-6-5-7-18-17(15)9-10-19(18)22-23(25(26,27)28)20-14-16(12-13-29(2)3)8-11-21(20)30(4)24(22)31;1-23-8(21)6-19-9(22)10(12(16,17)18)2-4-20(5-3-10)7-11(13,14)15/h5-8,11,14,19H,9-10,12-13H2,1-4H3;2-7H2,1H3,(H,19,22). The molecule has 1 aliphatic carbocycles. The highest BCUT2D eigenvalue weighted by molar-refractivity contribution is 5.87. The Morgan fingerprint density at radius 2 is 1.65 bits per heavy atom. The zero-order valence-electron chi connectivity index (χ0n) is 30.5. The summed E-state index contributed by atoms with van der Waals surface area (Å²) < 4.78 is 126. The Hall–Kier alpha value is -4.12. The van der Waals surface area contributed by atoms with Crippen LogP contribution in [0.25, 0.3) is 10.9 Å². The number of benzene rings is 2. The number of likely N-dealkylation sites (tertiary alicyclic amines) is 1. The molecule has 1 atom stereocenters. The zero-order valence-corrected chi connectivity index (χ0v) is 30.5. The van der Waals surface area contributed by atoms with Gasteiger partial charge < -0.3 is 19.5 Å². The molecule has 1 fully saturated rings. The van der Waals surface area contributed by atoms with Gasteiger partial charge in [-0.25, -0.2) is 0 Å². The fraction of sp³-hybridized carbons (Fsp3) is 0.541. The van der Waals surface area contributed by atoms with Gasteiger partial charge in [0, 0.05) is 30.5 Å². The monoisotopic (exact) mass is 778 g/mol. The van der Waals surface area contributed by atoms with Crippen molar-refractivity contribution >= 4 is 22.8 Å². The zero-order chi connectivity index (χ0) is 40.4. The first kappa shape index (κ1) is 42.6. The topological polar surface area (TPSA) is 83.9 Å². The Balaban J connectivity index is 0.000000253. The molecule has 5 rings (SSSR count). The van der Waals surface area contributed by atoms with E-state index in [-0.39, 0.29) is 10.9 Å². The maximum Gasteiger partial charge on any atom is 0.417 e. The Morgan fingerprint density at radius 1 is 1.00 bits per heavy atom. The summed E-state index contributed by atoms with van der Waals surface area (Å²) in [5.41, 5.74) is -0.0988. The van der Waals surface area contributed by atoms with E-state index in [0.29, 0.717) is 24.8 Å². The van der Waals surface area contributed by atoms with Gasteiger partial charge in [0.1, 0.15) is 12.0 Å². The van der Waals surface area contributed by atoms with Gasteiger partial charge in [-0.15, -0.1) is 0 Å². The molecule has 1 amide bonds. The molecule has 298 valence electrons. The molecule has 2 aromatic carbocycles. The third-order valence-corrected chi connectivity index (χ3v) is 10.2. The van der Waals surface area contributed by atoms with Crippen molar-refractivity contribution in [3.8, 4) is 0 Å². The number of esters is 1. The van der Waals surface area contributed by atoms with Crippen molar-refractivity contribution in [2.45, 2.75) is 63.5 Å². The normalized spacial score (nSPS) is 17.6. The number of halogens is 9. The van der Waals surface area contributed by atoms with E-state index in [1.807, 2.05) is 55.5 Å². The molecule has 0 spiro atoms. The van der Waals surface area contributed by atoms with E-state index >= 15 is 0 Å². The predicted molar refractivity (Wildman–Crippen MR) is 183 cm³/mol. The van der Waals surface area contributed by atoms with Crippen molar-refractivity contribution in [2.75, 3.05) is 53.9 Å². The minimum absolute atomic E-state index is 0.113. The van der Waals surface area contributed by atoms with Gasteiger partial charge in [0.25, 0.3) is 5.56 Å². The van der Waals surface area contributed by atoms with Crippen molar-refractivity contribution in [3.05, 3.63) is 80.1 Å². The van der Waals surface area contributed by atoms with Crippen LogP contribution in [0.15, 0.2) is 41.2 Å². The number of likely N-dealkylation sites (N-methyl/N-ethyl adjacent to an activating group) is 1. The molecule has 17 heteroatoms. The highest BCUT2D eigenvalue weighted by atomic mass is 19.4. The molecular weight excluding hydrogens is 735 g/mol. The number of amides is 1. The first-order chi connectivity index (χ1) is 25.0. The van der Waals surface area contributed by atoms with Gasteiger partial charge in [-0.3, -0.25) is 19.3 Å². The van der Waals surface area contributed by atoms with Gasteiger partial charge >= 0.3 is 24.5 Å². The predicted octanol–water partition coefficient (Wildman–Crippen LogP) is 6.53. The number of pyridine rings is 1. The minimum atomic E-state index is -4.93. The summed E-state index contributed by atoms with van der Waals surface area (Å²) >= 11 is 0. The largest absolute Gasteiger partial charge is 0.468 e. The maximum atomic E-state index is 14.5. The van der Waals surface area contributed by atoms with E-state index in [2.05, 4.69) is 4.74 Å². The van der Waals surface area contributed by atoms with Gasteiger partial charge in [0.05, 0.1) is 24.7 Å². The third-order valence-electron chi connectivity index (χ3n) is 10.2. The molecule has 0 bridgehead atoms. The molecule has 1 saturated heterocycles. The molecule has 54 heavy (non-hydrogen) atoms. The summed E-state index contributed by atoms with van der Waals surface area (Å²) in [7, 11) is 6.44. The number of alkyl halides is 9. The summed E-state index contributed by atoms with van der Waals surface area (Å²) in [5, 5.41) is 1.95. The molecule has 3 aromatic rings. The lowest BCUT2D eigenvalue weighted by atomic mass is 9.76. The number of nitrogens with zero attached hydrogens (tertiary/aromatic N) is 3. The maximum absolute atomic E-state index is 14.5. The Bertz CT molecular complexity index is 1890. The first-order valence-corrected chi connectivity index (χ1v) is 17.2. The summed E-state index contributed by atoms with van der Waals surface area (Å²) in [6.45, 7) is -0.401. The van der Waals surface area contributed by atoms with Crippen LogP contribution >= 0.6 is 0 Å². The number of carbonyl (C=O) groups excluding carboxylic acids is 2. The van der Waals surface area contributed by atoms with Crippen LogP contribution < -0.4 is 10.9 Å². The van der Waals surface area contributed by atoms with Crippen LogP contribution in [-0.4, -0.2) is 92.5 Å². The Morgan fingerprint density at radius 3 is 2.20 bits per heavy atom. The van der Waals surface area contributed by atoms with Crippen molar-refractivity contribution in [3.63, 3.8) is 0 Å². The van der Waals surface area contributed by atoms with Crippen LogP contribution in [0.3, 0.4) is 0 Å². The fourth-order valence-electron chi connectivity index (χ4n) is 7.27. The lowest BCUT2D eigenvalue weighted by Crippen LogP contribution is -2.57. The second-order valence-electron chi connectivity index (χ2n) is 14.0. The number of fused-ring (bicyclic) bond motifs is 2. The van der Waals surface area contributed by atoms with Crippen molar-refractivity contribution in [1.29, 1.82) is 0 Å². The lowest BCUT2D eigenvalue weighted by Gasteiger charge is -2.41. The number of piperidine rings is 1. The van der Waals surface area contributed by atoms with Crippen LogP contribution in [0, 0.1) is 12.3 Å². The average molecular weight is 779 g/mol. The number of aryl methyl sites for hydroxylation is 2. The van der Waals surface area contributed by atoms with E-state index in [1.54, 1.807) is 19.2 Å². The fourth-order valence-corrected chi connectivity index (χ4v) is 7.27. The number of nitrogens with one attached hydrogen (secondary N) is 1. The molecule has 1 aromatic heterocycles. The van der Waals surface area contributed by atoms with E-state index in [4.69, 9.17) is 0 Å². The van der Waals surface area contributed by atoms with Gasteiger partial charge in [-0.1, -0.05) is 24.3 Å². The van der Waals surface area contributed by atoms with Crippen LogP contribution in [-0.2, 0) is 40.4 Å². The van der Waals surface area contributed by atoms with Crippen molar-refractivity contribution in [2.24, 2.45) is 12.5 Å². The van der Waals surface area contributed by atoms with E-state index in [0.717, 1.165) is 40.8 Å². The number of carbonyl (C=O) groups is 2. The second kappa shape index (κ2) is 16.3. The minimum Gasteiger partial charge on any atom is -0.468 e. The molecule has 2 heterocycles. The number of hydrogen-bond acceptors (Lipinski definition) is 6. The molecule has 0 radical (unpaired) electrons. The van der Waals surface area contributed by atoms with Crippen LogP contribution in [0.5, 0.6) is 0 Å². The van der Waals surface area contributed by atoms with Crippen LogP contribution in [0.4, 0.5) is 39.5 Å². The second-order valence-corrected chi connectivity index (χ2v) is 14.0. The molecule has 2 aliphatic rings. The van der Waals surface area contributed by atoms with E-state index in [9.17, 15) is 53.9 Å². The van der Waals surface area contributed by atoms with E-state index < -0.39 is 91.9 Å². The number of aromatic nitrogens is 1. The molecule has 8 nitrogen and oxygen atoms in total. The summed E-state index contributed by atoms with van der Waals surface area (Å²) in [6.07, 6.45) is -13.8. The number of ether oxygens (including phenoxy) is 1. The molecular formula is C37H43F9N4O4. The molecule has 1 unspecified atom stereocenters. The van der Waals surface area contributed by atoms with Crippen LogP contribution in [0.2, 0.25) is 0 Å². The van der Waals surface area contributed by atoms with Gasteiger partial charge in [-0.05, 0) is 101 Å². The summed E-state index contributed by atoms with van der Waals surface area (Å²) in [4.78, 5) is 38.9. The van der Waals surface area contributed by atoms with Crippen molar-refractivity contribution < 1.29 is 53.8 Å². The molecule has 1 aliphatic heterocycles. The average Bonchev–Trinajstić information content (AvgIpc) is 3.51. The SMILES string of the molecule is COC(=O)CNC(=O)C1(C(F)(F)F)CCN(CC(F)(F)F)CC1.Cc1cccc2c1CCC2c1c(C(F)(F)F)c2cc(CCN(C)C)ccc2n(C)c1=O. The smallest absolute Gasteiger partial charge is 0.417 e. The highest BCUT2D eigenvalue weighted by Crippen LogP contribution is 2.47. The summed E-state index contributed by atoms with van der Waals surface area (Å²) in [5.74, 6) is -2.90. The Kier molecular flexibility index (Phi) is 12.9. The lowest BCUT2D eigenvalue weighted by molar-refractivity contribution is -0.236. The molecule has 1 N–H and O–H groups in total. The summed E-state index contributed by atoms with van der Waals surface area (Å²) in [6, 6.07) is 10.8. The van der Waals surface area contributed by atoms with Gasteiger partial charge in [-0.2, -0.15) is 39.5 Å². The highest BCUT2D eigenvalue weighted by Gasteiger charge is 2.61. The number of methoxy groups -OCH3 is 1. The quantitative estimate of drug-likeness (QED) is 0.207. The Labute approximate surface area is 306 Å². The number of rotatable bonds is 8. The van der Waals surface area contributed by atoms with Crippen molar-refractivity contribution in [1.82, 2.24) is 19.7 Å². The van der Waals surface area contributed by atoms with Gasteiger partial charge in [0.15, 0.2) is 0 Å². The number of hydrogen-bond donors (Lipinski definition) is 1. The molecule has 0 saturated carbocycles.